The van der Waals surface area contributed by atoms with Gasteiger partial charge in [-0.15, -0.1) is 0 Å². The fourth-order valence-electron chi connectivity index (χ4n) is 3.11. The fourth-order valence-corrected chi connectivity index (χ4v) is 4.09. The van der Waals surface area contributed by atoms with Gasteiger partial charge in [0.25, 0.3) is 5.91 Å². The maximum Gasteiger partial charge on any atom is 0.416 e. The standard InChI is InChI=1S/C17H16F3N3O3S/c18-17(19,20)11-4-3-5-12(8-11)23-10-27-14(13(23)24)26-15(25)22-16(9-21)6-1-2-7-16/h3-5,8,14H,1-2,6-7,10H2,(H,22,25). The van der Waals surface area contributed by atoms with Gasteiger partial charge in [0, 0.05) is 5.69 Å². The van der Waals surface area contributed by atoms with Gasteiger partial charge in [-0.25, -0.2) is 4.79 Å². The molecular weight excluding hydrogens is 383 g/mol. The second kappa shape index (κ2) is 7.31. The van der Waals surface area contributed by atoms with Crippen molar-refractivity contribution in [3.8, 4) is 6.07 Å². The molecule has 144 valence electrons. The number of anilines is 1. The van der Waals surface area contributed by atoms with E-state index in [0.717, 1.165) is 41.6 Å². The molecule has 1 unspecified atom stereocenters. The number of carbonyl (C=O) groups excluding carboxylic acids is 2. The van der Waals surface area contributed by atoms with Gasteiger partial charge in [0.2, 0.25) is 5.44 Å². The highest BCUT2D eigenvalue weighted by Gasteiger charge is 2.40. The minimum absolute atomic E-state index is 0.0570. The third-order valence-electron chi connectivity index (χ3n) is 4.53. The Labute approximate surface area is 157 Å². The van der Waals surface area contributed by atoms with E-state index < -0.39 is 34.7 Å². The Hall–Kier alpha value is -2.41. The first-order valence-electron chi connectivity index (χ1n) is 8.24. The summed E-state index contributed by atoms with van der Waals surface area (Å²) in [6.45, 7) is 0. The fraction of sp³-hybridized carbons (Fsp3) is 0.471. The molecule has 27 heavy (non-hydrogen) atoms. The second-order valence-corrected chi connectivity index (χ2v) is 7.39. The molecule has 10 heteroatoms. The molecule has 0 spiro atoms. The van der Waals surface area contributed by atoms with E-state index in [1.54, 1.807) is 0 Å². The Morgan fingerprint density at radius 1 is 1.37 bits per heavy atom. The predicted molar refractivity (Wildman–Crippen MR) is 91.6 cm³/mol. The van der Waals surface area contributed by atoms with Crippen LogP contribution in [0.4, 0.5) is 23.7 Å². The molecule has 1 saturated heterocycles. The molecule has 6 nitrogen and oxygen atoms in total. The number of hydrogen-bond donors (Lipinski definition) is 1. The number of carbonyl (C=O) groups is 2. The van der Waals surface area contributed by atoms with Gasteiger partial charge >= 0.3 is 12.3 Å². The topological polar surface area (TPSA) is 82.4 Å². The van der Waals surface area contributed by atoms with Crippen molar-refractivity contribution in [2.24, 2.45) is 0 Å². The quantitative estimate of drug-likeness (QED) is 0.839. The van der Waals surface area contributed by atoms with Gasteiger partial charge in [0.15, 0.2) is 0 Å². The summed E-state index contributed by atoms with van der Waals surface area (Å²) in [7, 11) is 0. The first-order chi connectivity index (χ1) is 12.7. The van der Waals surface area contributed by atoms with Crippen LogP contribution >= 0.6 is 11.8 Å². The number of halogens is 3. The maximum atomic E-state index is 12.9. The SMILES string of the molecule is N#CC1(NC(=O)OC2SCN(c3cccc(C(F)(F)F)c3)C2=O)CCCC1. The van der Waals surface area contributed by atoms with E-state index in [0.29, 0.717) is 12.8 Å². The van der Waals surface area contributed by atoms with Crippen LogP contribution in [0.5, 0.6) is 0 Å². The van der Waals surface area contributed by atoms with Gasteiger partial charge in [-0.3, -0.25) is 9.69 Å². The van der Waals surface area contributed by atoms with E-state index in [4.69, 9.17) is 4.74 Å². The summed E-state index contributed by atoms with van der Waals surface area (Å²) in [5, 5.41) is 11.8. The predicted octanol–water partition coefficient (Wildman–Crippen LogP) is 3.63. The average Bonchev–Trinajstić information content (AvgIpc) is 3.22. The molecule has 0 aromatic heterocycles. The average molecular weight is 399 g/mol. The first-order valence-corrected chi connectivity index (χ1v) is 9.29. The lowest BCUT2D eigenvalue weighted by atomic mass is 10.0. The Morgan fingerprint density at radius 3 is 2.70 bits per heavy atom. The van der Waals surface area contributed by atoms with Crippen molar-refractivity contribution in [3.63, 3.8) is 0 Å². The summed E-state index contributed by atoms with van der Waals surface area (Å²) in [5.74, 6) is -0.562. The number of alkyl halides is 3. The lowest BCUT2D eigenvalue weighted by Gasteiger charge is -2.22. The van der Waals surface area contributed by atoms with Crippen LogP contribution in [0.25, 0.3) is 0 Å². The van der Waals surface area contributed by atoms with E-state index in [1.807, 2.05) is 0 Å². The van der Waals surface area contributed by atoms with Crippen LogP contribution < -0.4 is 10.2 Å². The minimum atomic E-state index is -4.52. The smallest absolute Gasteiger partial charge is 0.416 e. The molecule has 0 bridgehead atoms. The van der Waals surface area contributed by atoms with Crippen LogP contribution in [0, 0.1) is 11.3 Å². The van der Waals surface area contributed by atoms with E-state index in [9.17, 15) is 28.0 Å². The Balaban J connectivity index is 1.65. The zero-order valence-electron chi connectivity index (χ0n) is 14.1. The monoisotopic (exact) mass is 399 g/mol. The molecule has 3 rings (SSSR count). The minimum Gasteiger partial charge on any atom is -0.425 e. The highest BCUT2D eigenvalue weighted by molar-refractivity contribution is 8.01. The Bertz CT molecular complexity index is 788. The largest absolute Gasteiger partial charge is 0.425 e. The van der Waals surface area contributed by atoms with E-state index >= 15 is 0 Å². The lowest BCUT2D eigenvalue weighted by Crippen LogP contribution is -2.46. The molecule has 1 heterocycles. The number of benzene rings is 1. The van der Waals surface area contributed by atoms with Crippen LogP contribution in [0.2, 0.25) is 0 Å². The highest BCUT2D eigenvalue weighted by Crippen LogP contribution is 2.35. The summed E-state index contributed by atoms with van der Waals surface area (Å²) in [4.78, 5) is 25.7. The molecule has 1 aliphatic carbocycles. The van der Waals surface area contributed by atoms with Crippen LogP contribution in [0.1, 0.15) is 31.2 Å². The maximum absolute atomic E-state index is 12.9. The van der Waals surface area contributed by atoms with Crippen LogP contribution in [0.3, 0.4) is 0 Å². The van der Waals surface area contributed by atoms with Crippen LogP contribution in [-0.2, 0) is 15.7 Å². The summed E-state index contributed by atoms with van der Waals surface area (Å²) >= 11 is 0.989. The number of ether oxygens (including phenoxy) is 1. The number of hydrogen-bond acceptors (Lipinski definition) is 5. The number of nitrogens with zero attached hydrogens (tertiary/aromatic N) is 2. The first kappa shape index (κ1) is 19.4. The highest BCUT2D eigenvalue weighted by atomic mass is 32.2. The molecule has 1 aromatic rings. The summed E-state index contributed by atoms with van der Waals surface area (Å²) in [6.07, 6.45) is -2.74. The Kier molecular flexibility index (Phi) is 5.24. The van der Waals surface area contributed by atoms with E-state index in [-0.39, 0.29) is 11.6 Å². The molecule has 1 N–H and O–H groups in total. The van der Waals surface area contributed by atoms with Gasteiger partial charge in [-0.2, -0.15) is 18.4 Å². The number of amides is 2. The number of thioether (sulfide) groups is 1. The number of nitriles is 1. The summed E-state index contributed by atoms with van der Waals surface area (Å²) < 4.78 is 43.7. The zero-order chi connectivity index (χ0) is 19.7. The number of alkyl carbamates (subject to hydrolysis) is 1. The molecule has 1 saturated carbocycles. The van der Waals surface area contributed by atoms with Gasteiger partial charge in [-0.1, -0.05) is 17.8 Å². The van der Waals surface area contributed by atoms with Crippen molar-refractivity contribution in [1.29, 1.82) is 5.26 Å². The van der Waals surface area contributed by atoms with E-state index in [1.165, 1.54) is 12.1 Å². The molecule has 1 aliphatic heterocycles. The van der Waals surface area contributed by atoms with Crippen molar-refractivity contribution < 1.29 is 27.5 Å². The van der Waals surface area contributed by atoms with Gasteiger partial charge in [0.05, 0.1) is 17.5 Å². The van der Waals surface area contributed by atoms with E-state index in [2.05, 4.69) is 11.4 Å². The summed E-state index contributed by atoms with van der Waals surface area (Å²) in [6, 6.07) is 6.48. The van der Waals surface area contributed by atoms with Gasteiger partial charge in [0.1, 0.15) is 5.54 Å². The summed E-state index contributed by atoms with van der Waals surface area (Å²) in [5.41, 5.74) is -2.93. The van der Waals surface area contributed by atoms with Crippen molar-refractivity contribution in [2.75, 3.05) is 10.8 Å². The second-order valence-electron chi connectivity index (χ2n) is 6.37. The molecule has 2 amide bonds. The van der Waals surface area contributed by atoms with Crippen LogP contribution in [0.15, 0.2) is 24.3 Å². The van der Waals surface area contributed by atoms with Gasteiger partial charge < -0.3 is 10.1 Å². The Morgan fingerprint density at radius 2 is 2.07 bits per heavy atom. The molecule has 2 fully saturated rings. The molecule has 2 aliphatic rings. The van der Waals surface area contributed by atoms with Crippen LogP contribution in [-0.4, -0.2) is 28.9 Å². The molecule has 1 aromatic carbocycles. The third kappa shape index (κ3) is 4.13. The number of nitrogens with one attached hydrogen (secondary N) is 1. The van der Waals surface area contributed by atoms with Crippen molar-refractivity contribution in [2.45, 2.75) is 42.8 Å². The van der Waals surface area contributed by atoms with Crippen molar-refractivity contribution in [3.05, 3.63) is 29.8 Å². The molecular formula is C17H16F3N3O3S. The zero-order valence-corrected chi connectivity index (χ0v) is 14.9. The molecule has 1 atom stereocenters. The van der Waals surface area contributed by atoms with Crippen molar-refractivity contribution in [1.82, 2.24) is 5.32 Å². The lowest BCUT2D eigenvalue weighted by molar-refractivity contribution is -0.137. The normalized spacial score (nSPS) is 21.8. The third-order valence-corrected chi connectivity index (χ3v) is 5.54. The number of rotatable bonds is 3. The molecule has 0 radical (unpaired) electrons. The van der Waals surface area contributed by atoms with Crippen molar-refractivity contribution >= 4 is 29.4 Å². The van der Waals surface area contributed by atoms with Gasteiger partial charge in [-0.05, 0) is 43.9 Å².